The van der Waals surface area contributed by atoms with Crippen LogP contribution >= 0.6 is 11.6 Å². The van der Waals surface area contributed by atoms with Gasteiger partial charge in [0.2, 0.25) is 0 Å². The van der Waals surface area contributed by atoms with Gasteiger partial charge in [-0.2, -0.15) is 0 Å². The Morgan fingerprint density at radius 1 is 0.840 bits per heavy atom. The minimum absolute atomic E-state index is 0.539. The zero-order valence-electron chi connectivity index (χ0n) is 14.6. The molecule has 25 heavy (non-hydrogen) atoms. The average molecular weight is 352 g/mol. The second-order valence-corrected chi connectivity index (χ2v) is 6.60. The third-order valence-corrected chi connectivity index (χ3v) is 4.58. The van der Waals surface area contributed by atoms with E-state index < -0.39 is 0 Å². The maximum Gasteiger partial charge on any atom is 0.119 e. The Hall–Kier alpha value is -2.45. The van der Waals surface area contributed by atoms with Crippen molar-refractivity contribution >= 4 is 17.3 Å². The first-order valence-electron chi connectivity index (χ1n) is 8.38. The number of benzene rings is 3. The van der Waals surface area contributed by atoms with Crippen LogP contribution in [0.4, 0.5) is 5.69 Å². The zero-order chi connectivity index (χ0) is 17.6. The van der Waals surface area contributed by atoms with E-state index in [1.54, 1.807) is 0 Å². The summed E-state index contributed by atoms with van der Waals surface area (Å²) in [6.45, 7) is 5.61. The molecule has 0 fully saturated rings. The number of hydrogen-bond donors (Lipinski definition) is 1. The van der Waals surface area contributed by atoms with Gasteiger partial charge in [0.1, 0.15) is 12.4 Å². The molecule has 0 spiro atoms. The molecule has 3 aromatic carbocycles. The van der Waals surface area contributed by atoms with E-state index in [0.717, 1.165) is 22.9 Å². The SMILES string of the molecule is Cc1cccc(NCc2ccc(OCc3ccc(Cl)cc3)cc2)c1C. The van der Waals surface area contributed by atoms with Gasteiger partial charge in [0.05, 0.1) is 0 Å². The van der Waals surface area contributed by atoms with E-state index in [1.165, 1.54) is 22.4 Å². The smallest absolute Gasteiger partial charge is 0.119 e. The Balaban J connectivity index is 1.55. The van der Waals surface area contributed by atoms with Crippen molar-refractivity contribution in [1.29, 1.82) is 0 Å². The molecule has 3 aromatic rings. The standard InChI is InChI=1S/C22H22ClNO/c1-16-4-3-5-22(17(16)2)24-14-18-8-12-21(13-9-18)25-15-19-6-10-20(23)11-7-19/h3-13,24H,14-15H2,1-2H3. The lowest BCUT2D eigenvalue weighted by Gasteiger charge is -2.12. The van der Waals surface area contributed by atoms with Crippen molar-refractivity contribution in [3.8, 4) is 5.75 Å². The van der Waals surface area contributed by atoms with Gasteiger partial charge in [0.15, 0.2) is 0 Å². The minimum Gasteiger partial charge on any atom is -0.489 e. The molecule has 0 heterocycles. The number of anilines is 1. The molecule has 0 radical (unpaired) electrons. The number of ether oxygens (including phenoxy) is 1. The lowest BCUT2D eigenvalue weighted by atomic mass is 10.1. The lowest BCUT2D eigenvalue weighted by Crippen LogP contribution is -2.02. The van der Waals surface area contributed by atoms with Gasteiger partial charge < -0.3 is 10.1 Å². The van der Waals surface area contributed by atoms with Crippen LogP contribution in [0.15, 0.2) is 66.7 Å². The summed E-state index contributed by atoms with van der Waals surface area (Å²) >= 11 is 5.89. The van der Waals surface area contributed by atoms with Crippen molar-refractivity contribution in [2.45, 2.75) is 27.0 Å². The van der Waals surface area contributed by atoms with Gasteiger partial charge in [-0.15, -0.1) is 0 Å². The van der Waals surface area contributed by atoms with E-state index in [2.05, 4.69) is 49.5 Å². The van der Waals surface area contributed by atoms with Crippen molar-refractivity contribution in [2.24, 2.45) is 0 Å². The van der Waals surface area contributed by atoms with Gasteiger partial charge in [-0.25, -0.2) is 0 Å². The molecule has 1 N–H and O–H groups in total. The maximum atomic E-state index is 5.89. The van der Waals surface area contributed by atoms with Crippen molar-refractivity contribution in [2.75, 3.05) is 5.32 Å². The summed E-state index contributed by atoms with van der Waals surface area (Å²) in [6, 6.07) is 22.2. The van der Waals surface area contributed by atoms with Crippen molar-refractivity contribution in [1.82, 2.24) is 0 Å². The molecule has 0 aliphatic rings. The molecule has 0 saturated heterocycles. The van der Waals surface area contributed by atoms with Gasteiger partial charge in [0.25, 0.3) is 0 Å². The molecular weight excluding hydrogens is 330 g/mol. The zero-order valence-corrected chi connectivity index (χ0v) is 15.3. The van der Waals surface area contributed by atoms with Gasteiger partial charge in [-0.1, -0.05) is 48.0 Å². The van der Waals surface area contributed by atoms with Crippen LogP contribution in [-0.4, -0.2) is 0 Å². The fourth-order valence-corrected chi connectivity index (χ4v) is 2.72. The molecule has 3 heteroatoms. The van der Waals surface area contributed by atoms with Crippen LogP contribution in [0.3, 0.4) is 0 Å². The Labute approximate surface area is 154 Å². The molecule has 0 aromatic heterocycles. The van der Waals surface area contributed by atoms with Crippen LogP contribution in [0, 0.1) is 13.8 Å². The van der Waals surface area contributed by atoms with Gasteiger partial charge in [-0.05, 0) is 66.4 Å². The van der Waals surface area contributed by atoms with Crippen molar-refractivity contribution in [3.05, 3.63) is 94.0 Å². The first-order chi connectivity index (χ1) is 12.1. The molecule has 3 rings (SSSR count). The summed E-state index contributed by atoms with van der Waals surface area (Å²) in [5, 5.41) is 4.24. The Bertz CT molecular complexity index is 826. The summed E-state index contributed by atoms with van der Waals surface area (Å²) in [5.41, 5.74) is 6.11. The molecule has 0 unspecified atom stereocenters. The lowest BCUT2D eigenvalue weighted by molar-refractivity contribution is 0.306. The number of aryl methyl sites for hydroxylation is 1. The van der Waals surface area contributed by atoms with Gasteiger partial charge >= 0.3 is 0 Å². The highest BCUT2D eigenvalue weighted by atomic mass is 35.5. The van der Waals surface area contributed by atoms with Crippen LogP contribution in [0.2, 0.25) is 5.02 Å². The topological polar surface area (TPSA) is 21.3 Å². The predicted molar refractivity (Wildman–Crippen MR) is 105 cm³/mol. The number of rotatable bonds is 6. The van der Waals surface area contributed by atoms with E-state index in [9.17, 15) is 0 Å². The number of nitrogens with one attached hydrogen (secondary N) is 1. The summed E-state index contributed by atoms with van der Waals surface area (Å²) in [4.78, 5) is 0. The molecule has 0 amide bonds. The third-order valence-electron chi connectivity index (χ3n) is 4.33. The largest absolute Gasteiger partial charge is 0.489 e. The molecule has 0 bridgehead atoms. The van der Waals surface area contributed by atoms with E-state index in [-0.39, 0.29) is 0 Å². The van der Waals surface area contributed by atoms with E-state index >= 15 is 0 Å². The molecule has 2 nitrogen and oxygen atoms in total. The first kappa shape index (κ1) is 17.4. The fraction of sp³-hybridized carbons (Fsp3) is 0.182. The van der Waals surface area contributed by atoms with Gasteiger partial charge in [0, 0.05) is 17.3 Å². The first-order valence-corrected chi connectivity index (χ1v) is 8.76. The summed E-state index contributed by atoms with van der Waals surface area (Å²) in [7, 11) is 0. The second-order valence-electron chi connectivity index (χ2n) is 6.16. The molecule has 0 saturated carbocycles. The molecule has 0 atom stereocenters. The van der Waals surface area contributed by atoms with E-state index in [0.29, 0.717) is 6.61 Å². The van der Waals surface area contributed by atoms with Crippen LogP contribution in [-0.2, 0) is 13.2 Å². The molecule has 0 aliphatic heterocycles. The minimum atomic E-state index is 0.539. The predicted octanol–water partition coefficient (Wildman–Crippen LogP) is 6.15. The summed E-state index contributed by atoms with van der Waals surface area (Å²) in [5.74, 6) is 0.866. The fourth-order valence-electron chi connectivity index (χ4n) is 2.59. The Morgan fingerprint density at radius 2 is 1.52 bits per heavy atom. The highest BCUT2D eigenvalue weighted by molar-refractivity contribution is 6.30. The van der Waals surface area contributed by atoms with E-state index in [1.807, 2.05) is 36.4 Å². The van der Waals surface area contributed by atoms with E-state index in [4.69, 9.17) is 16.3 Å². The summed E-state index contributed by atoms with van der Waals surface area (Å²) < 4.78 is 5.82. The summed E-state index contributed by atoms with van der Waals surface area (Å²) in [6.07, 6.45) is 0. The van der Waals surface area contributed by atoms with Gasteiger partial charge in [-0.3, -0.25) is 0 Å². The van der Waals surface area contributed by atoms with Crippen molar-refractivity contribution in [3.63, 3.8) is 0 Å². The van der Waals surface area contributed by atoms with Crippen LogP contribution in [0.1, 0.15) is 22.3 Å². The van der Waals surface area contributed by atoms with Crippen LogP contribution < -0.4 is 10.1 Å². The Morgan fingerprint density at radius 3 is 2.24 bits per heavy atom. The maximum absolute atomic E-state index is 5.89. The highest BCUT2D eigenvalue weighted by Crippen LogP contribution is 2.20. The Kier molecular flexibility index (Phi) is 5.62. The monoisotopic (exact) mass is 351 g/mol. The number of hydrogen-bond acceptors (Lipinski definition) is 2. The van der Waals surface area contributed by atoms with Crippen LogP contribution in [0.25, 0.3) is 0 Å². The molecule has 128 valence electrons. The third kappa shape index (κ3) is 4.77. The number of halogens is 1. The van der Waals surface area contributed by atoms with Crippen molar-refractivity contribution < 1.29 is 4.74 Å². The molecular formula is C22H22ClNO. The van der Waals surface area contributed by atoms with Crippen LogP contribution in [0.5, 0.6) is 5.75 Å². The average Bonchev–Trinajstić information content (AvgIpc) is 2.63. The quantitative estimate of drug-likeness (QED) is 0.575. The molecule has 0 aliphatic carbocycles. The highest BCUT2D eigenvalue weighted by Gasteiger charge is 2.01. The normalized spacial score (nSPS) is 10.5. The second kappa shape index (κ2) is 8.09.